The lowest BCUT2D eigenvalue weighted by Crippen LogP contribution is -2.17. The lowest BCUT2D eigenvalue weighted by Gasteiger charge is -2.07. The van der Waals surface area contributed by atoms with Crippen LogP contribution in [0.25, 0.3) is 0 Å². The summed E-state index contributed by atoms with van der Waals surface area (Å²) in [4.78, 5) is 12.3. The summed E-state index contributed by atoms with van der Waals surface area (Å²) in [6.45, 7) is 1.55. The van der Waals surface area contributed by atoms with Gasteiger partial charge in [-0.2, -0.15) is 0 Å². The molecule has 1 aromatic rings. The predicted molar refractivity (Wildman–Crippen MR) is 53.8 cm³/mol. The molecule has 1 saturated heterocycles. The number of carbonyl (C=O) groups excluding carboxylic acids is 1. The average Bonchev–Trinajstić information content (AvgIpc) is 2.87. The molecule has 0 spiro atoms. The van der Waals surface area contributed by atoms with Crippen LogP contribution >= 0.6 is 11.3 Å². The number of ketones is 1. The fourth-order valence-electron chi connectivity index (χ4n) is 1.35. The van der Waals surface area contributed by atoms with Crippen LogP contribution in [-0.4, -0.2) is 31.7 Å². The molecule has 1 unspecified atom stereocenters. The zero-order chi connectivity index (χ0) is 9.80. The minimum absolute atomic E-state index is 0.0619. The van der Waals surface area contributed by atoms with Gasteiger partial charge in [0, 0.05) is 6.61 Å². The highest BCUT2D eigenvalue weighted by Gasteiger charge is 2.17. The molecule has 0 N–H and O–H groups in total. The Morgan fingerprint density at radius 2 is 2.64 bits per heavy atom. The Balaban J connectivity index is 1.78. The first-order chi connectivity index (χ1) is 6.86. The van der Waals surface area contributed by atoms with Gasteiger partial charge in [0.25, 0.3) is 0 Å². The number of rotatable bonds is 4. The zero-order valence-electron chi connectivity index (χ0n) is 7.77. The molecule has 0 saturated carbocycles. The molecule has 3 nitrogen and oxygen atoms in total. The molecule has 1 fully saturated rings. The second-order valence-electron chi connectivity index (χ2n) is 3.20. The Morgan fingerprint density at radius 1 is 1.71 bits per heavy atom. The molecule has 14 heavy (non-hydrogen) atoms. The molecule has 0 radical (unpaired) electrons. The van der Waals surface area contributed by atoms with Crippen molar-refractivity contribution in [3.63, 3.8) is 0 Å². The van der Waals surface area contributed by atoms with E-state index in [1.807, 2.05) is 17.5 Å². The van der Waals surface area contributed by atoms with Crippen LogP contribution in [0.3, 0.4) is 0 Å². The van der Waals surface area contributed by atoms with Crippen LogP contribution in [0, 0.1) is 0 Å². The predicted octanol–water partition coefficient (Wildman–Crippen LogP) is 1.74. The summed E-state index contributed by atoms with van der Waals surface area (Å²) in [7, 11) is 0. The van der Waals surface area contributed by atoms with E-state index in [0.29, 0.717) is 6.61 Å². The number of hydrogen-bond acceptors (Lipinski definition) is 4. The zero-order valence-corrected chi connectivity index (χ0v) is 8.59. The topological polar surface area (TPSA) is 35.5 Å². The number of thiophene rings is 1. The van der Waals surface area contributed by atoms with Gasteiger partial charge in [0.1, 0.15) is 6.61 Å². The van der Waals surface area contributed by atoms with Crippen molar-refractivity contribution in [1.82, 2.24) is 0 Å². The first-order valence-corrected chi connectivity index (χ1v) is 5.50. The molecular weight excluding hydrogens is 200 g/mol. The van der Waals surface area contributed by atoms with Crippen LogP contribution in [0.5, 0.6) is 0 Å². The van der Waals surface area contributed by atoms with Crippen LogP contribution < -0.4 is 0 Å². The third-order valence-electron chi connectivity index (χ3n) is 2.13. The van der Waals surface area contributed by atoms with Crippen molar-refractivity contribution in [2.45, 2.75) is 12.5 Å². The molecule has 76 valence electrons. The van der Waals surface area contributed by atoms with Crippen LogP contribution in [0.1, 0.15) is 16.1 Å². The minimum atomic E-state index is 0.0619. The maximum Gasteiger partial charge on any atom is 0.198 e. The van der Waals surface area contributed by atoms with Crippen molar-refractivity contribution in [2.75, 3.05) is 19.8 Å². The molecule has 2 rings (SSSR count). The van der Waals surface area contributed by atoms with Gasteiger partial charge in [0.05, 0.1) is 17.6 Å². The fraction of sp³-hybridized carbons (Fsp3) is 0.500. The number of hydrogen-bond donors (Lipinski definition) is 0. The van der Waals surface area contributed by atoms with Gasteiger partial charge in [0.15, 0.2) is 5.78 Å². The molecule has 2 heterocycles. The maximum atomic E-state index is 11.5. The molecule has 4 heteroatoms. The molecule has 1 aliphatic heterocycles. The third-order valence-corrected chi connectivity index (χ3v) is 3.04. The number of Topliss-reactive ketones (excluding diaryl/α,β-unsaturated/α-hetero) is 1. The van der Waals surface area contributed by atoms with Crippen LogP contribution in [0.15, 0.2) is 17.5 Å². The van der Waals surface area contributed by atoms with E-state index in [-0.39, 0.29) is 18.5 Å². The van der Waals surface area contributed by atoms with Crippen molar-refractivity contribution in [3.8, 4) is 0 Å². The molecular formula is C10H12O3S. The lowest BCUT2D eigenvalue weighted by atomic mass is 10.3. The van der Waals surface area contributed by atoms with E-state index in [1.165, 1.54) is 11.3 Å². The van der Waals surface area contributed by atoms with Gasteiger partial charge >= 0.3 is 0 Å². The second kappa shape index (κ2) is 4.68. The van der Waals surface area contributed by atoms with Gasteiger partial charge in [-0.1, -0.05) is 6.07 Å². The van der Waals surface area contributed by atoms with Gasteiger partial charge in [-0.25, -0.2) is 0 Å². The van der Waals surface area contributed by atoms with Crippen molar-refractivity contribution in [3.05, 3.63) is 22.4 Å². The number of carbonyl (C=O) groups is 1. The number of ether oxygens (including phenoxy) is 2. The highest BCUT2D eigenvalue weighted by Crippen LogP contribution is 2.12. The Bertz CT molecular complexity index is 288. The largest absolute Gasteiger partial charge is 0.379 e. The smallest absolute Gasteiger partial charge is 0.198 e. The maximum absolute atomic E-state index is 11.5. The molecule has 0 aliphatic carbocycles. The monoisotopic (exact) mass is 212 g/mol. The van der Waals surface area contributed by atoms with Crippen molar-refractivity contribution < 1.29 is 14.3 Å². The van der Waals surface area contributed by atoms with E-state index in [9.17, 15) is 4.79 Å². The second-order valence-corrected chi connectivity index (χ2v) is 4.14. The highest BCUT2D eigenvalue weighted by atomic mass is 32.1. The SMILES string of the molecule is O=C(COC1CCOC1)c1cccs1. The van der Waals surface area contributed by atoms with E-state index in [0.717, 1.165) is 17.9 Å². The summed E-state index contributed by atoms with van der Waals surface area (Å²) >= 11 is 1.45. The van der Waals surface area contributed by atoms with Crippen molar-refractivity contribution in [1.29, 1.82) is 0 Å². The Kier molecular flexibility index (Phi) is 3.29. The molecule has 1 aliphatic rings. The minimum Gasteiger partial charge on any atom is -0.379 e. The van der Waals surface area contributed by atoms with E-state index >= 15 is 0 Å². The fourth-order valence-corrected chi connectivity index (χ4v) is 2.00. The van der Waals surface area contributed by atoms with Gasteiger partial charge in [-0.05, 0) is 17.9 Å². The van der Waals surface area contributed by atoms with Gasteiger partial charge in [-0.3, -0.25) is 4.79 Å². The molecule has 0 bridgehead atoms. The van der Waals surface area contributed by atoms with Gasteiger partial charge < -0.3 is 9.47 Å². The standard InChI is InChI=1S/C10H12O3S/c11-9(10-2-1-5-14-10)7-13-8-3-4-12-6-8/h1-2,5,8H,3-4,6-7H2. The average molecular weight is 212 g/mol. The van der Waals surface area contributed by atoms with Crippen LogP contribution in [0.2, 0.25) is 0 Å². The van der Waals surface area contributed by atoms with Gasteiger partial charge in [-0.15, -0.1) is 11.3 Å². The highest BCUT2D eigenvalue weighted by molar-refractivity contribution is 7.12. The summed E-state index contributed by atoms with van der Waals surface area (Å²) in [5.74, 6) is 0.0619. The van der Waals surface area contributed by atoms with Crippen molar-refractivity contribution in [2.24, 2.45) is 0 Å². The quantitative estimate of drug-likeness (QED) is 0.713. The normalized spacial score (nSPS) is 21.3. The molecule has 0 amide bonds. The van der Waals surface area contributed by atoms with Gasteiger partial charge in [0.2, 0.25) is 0 Å². The van der Waals surface area contributed by atoms with E-state index in [1.54, 1.807) is 0 Å². The Labute approximate surface area is 86.6 Å². The lowest BCUT2D eigenvalue weighted by molar-refractivity contribution is 0.0392. The van der Waals surface area contributed by atoms with E-state index in [2.05, 4.69) is 0 Å². The van der Waals surface area contributed by atoms with Crippen LogP contribution in [0.4, 0.5) is 0 Å². The summed E-state index contributed by atoms with van der Waals surface area (Å²) in [5.41, 5.74) is 0. The summed E-state index contributed by atoms with van der Waals surface area (Å²) in [6.07, 6.45) is 1.01. The van der Waals surface area contributed by atoms with Crippen molar-refractivity contribution >= 4 is 17.1 Å². The summed E-state index contributed by atoms with van der Waals surface area (Å²) in [6, 6.07) is 3.69. The summed E-state index contributed by atoms with van der Waals surface area (Å²) in [5, 5.41) is 1.89. The first kappa shape index (κ1) is 9.83. The van der Waals surface area contributed by atoms with Crippen LogP contribution in [-0.2, 0) is 9.47 Å². The summed E-state index contributed by atoms with van der Waals surface area (Å²) < 4.78 is 10.6. The third kappa shape index (κ3) is 2.41. The van der Waals surface area contributed by atoms with E-state index in [4.69, 9.17) is 9.47 Å². The molecule has 0 aromatic carbocycles. The Hall–Kier alpha value is -0.710. The van der Waals surface area contributed by atoms with E-state index < -0.39 is 0 Å². The molecule has 1 atom stereocenters. The first-order valence-electron chi connectivity index (χ1n) is 4.62. The Morgan fingerprint density at radius 3 is 3.29 bits per heavy atom. The molecule has 1 aromatic heterocycles.